The van der Waals surface area contributed by atoms with E-state index < -0.39 is 36.4 Å². The van der Waals surface area contributed by atoms with Gasteiger partial charge < -0.3 is 19.7 Å². The number of carbonyl (C=O) groups is 2. The minimum Gasteiger partial charge on any atom is -0.455 e. The molecule has 0 saturated heterocycles. The molecule has 164 valence electrons. The Labute approximate surface area is 193 Å². The maximum absolute atomic E-state index is 12.2. The monoisotopic (exact) mass is 544 g/mol. The first kappa shape index (κ1) is 26.3. The van der Waals surface area contributed by atoms with Gasteiger partial charge in [0.2, 0.25) is 0 Å². The highest BCUT2D eigenvalue weighted by molar-refractivity contribution is 9.10. The third-order valence-electron chi connectivity index (χ3n) is 4.13. The molecule has 2 aromatic rings. The fraction of sp³-hybridized carbons (Fsp3) is 0.364. The predicted molar refractivity (Wildman–Crippen MR) is 121 cm³/mol. The van der Waals surface area contributed by atoms with Crippen molar-refractivity contribution < 1.29 is 29.3 Å². The normalized spacial score (nSPS) is 14.4. The Morgan fingerprint density at radius 3 is 1.27 bits per heavy atom. The molecule has 0 heterocycles. The van der Waals surface area contributed by atoms with Crippen molar-refractivity contribution in [3.8, 4) is 0 Å². The lowest BCUT2D eigenvalue weighted by atomic mass is 10.2. The zero-order valence-electron chi connectivity index (χ0n) is 17.2. The molecule has 2 rings (SSSR count). The minimum atomic E-state index is -0.593. The van der Waals surface area contributed by atoms with Crippen molar-refractivity contribution in [3.63, 3.8) is 0 Å². The molecule has 0 aliphatic rings. The Morgan fingerprint density at radius 2 is 1.00 bits per heavy atom. The van der Waals surface area contributed by atoms with E-state index in [0.29, 0.717) is 20.1 Å². The van der Waals surface area contributed by atoms with Gasteiger partial charge in [-0.2, -0.15) is 0 Å². The Morgan fingerprint density at radius 1 is 0.700 bits per heavy atom. The summed E-state index contributed by atoms with van der Waals surface area (Å²) in [6, 6.07) is 14.0. The molecule has 4 atom stereocenters. The fourth-order valence-corrected chi connectivity index (χ4v) is 2.80. The van der Waals surface area contributed by atoms with Gasteiger partial charge in [-0.15, -0.1) is 0 Å². The summed E-state index contributed by atoms with van der Waals surface area (Å²) in [6.45, 7) is 6.47. The molecule has 0 aliphatic carbocycles. The average Bonchev–Trinajstić information content (AvgIpc) is 2.68. The van der Waals surface area contributed by atoms with Crippen LogP contribution in [-0.2, 0) is 9.47 Å². The molecular weight excluding hydrogens is 520 g/mol. The molecule has 0 bridgehead atoms. The van der Waals surface area contributed by atoms with Crippen LogP contribution in [0.1, 0.15) is 48.4 Å². The van der Waals surface area contributed by atoms with Crippen LogP contribution < -0.4 is 0 Å². The molecular formula is C22H26Br2O6. The molecule has 0 radical (unpaired) electrons. The second kappa shape index (κ2) is 12.8. The maximum atomic E-state index is 12.2. The van der Waals surface area contributed by atoms with Crippen molar-refractivity contribution in [1.82, 2.24) is 0 Å². The van der Waals surface area contributed by atoms with Crippen LogP contribution in [0, 0.1) is 0 Å². The summed E-state index contributed by atoms with van der Waals surface area (Å²) in [6.07, 6.45) is -2.36. The molecule has 2 aromatic carbocycles. The van der Waals surface area contributed by atoms with Crippen molar-refractivity contribution in [2.75, 3.05) is 0 Å². The van der Waals surface area contributed by atoms with Crippen LogP contribution in [0.3, 0.4) is 0 Å². The number of benzene rings is 2. The summed E-state index contributed by atoms with van der Waals surface area (Å²) in [4.78, 5) is 24.4. The summed E-state index contributed by atoms with van der Waals surface area (Å²) >= 11 is 6.62. The molecule has 8 heteroatoms. The number of hydrogen-bond donors (Lipinski definition) is 2. The van der Waals surface area contributed by atoms with Crippen LogP contribution in [-0.4, -0.2) is 46.6 Å². The number of aliphatic hydroxyl groups is 2. The van der Waals surface area contributed by atoms with Crippen LogP contribution in [0.2, 0.25) is 0 Å². The second-order valence-corrected chi connectivity index (χ2v) is 8.37. The number of ether oxygens (including phenoxy) is 2. The van der Waals surface area contributed by atoms with Crippen molar-refractivity contribution in [2.45, 2.75) is 52.1 Å². The van der Waals surface area contributed by atoms with E-state index in [9.17, 15) is 9.59 Å². The first-order chi connectivity index (χ1) is 14.0. The van der Waals surface area contributed by atoms with E-state index in [0.717, 1.165) is 0 Å². The van der Waals surface area contributed by atoms with Crippen LogP contribution in [0.15, 0.2) is 57.5 Å². The van der Waals surface area contributed by atoms with Crippen molar-refractivity contribution in [1.29, 1.82) is 0 Å². The molecule has 0 saturated carbocycles. The lowest BCUT2D eigenvalue weighted by Crippen LogP contribution is -2.31. The van der Waals surface area contributed by atoms with E-state index in [1.165, 1.54) is 0 Å². The van der Waals surface area contributed by atoms with Gasteiger partial charge >= 0.3 is 11.9 Å². The van der Waals surface area contributed by atoms with Crippen molar-refractivity contribution >= 4 is 43.8 Å². The molecule has 0 aliphatic heterocycles. The number of hydrogen-bond acceptors (Lipinski definition) is 6. The van der Waals surface area contributed by atoms with Gasteiger partial charge in [-0.25, -0.2) is 9.59 Å². The van der Waals surface area contributed by atoms with Gasteiger partial charge in [0.05, 0.1) is 23.3 Å². The molecule has 30 heavy (non-hydrogen) atoms. The highest BCUT2D eigenvalue weighted by Gasteiger charge is 2.23. The largest absolute Gasteiger partial charge is 0.455 e. The first-order valence-corrected chi connectivity index (χ1v) is 10.9. The summed E-state index contributed by atoms with van der Waals surface area (Å²) in [5.74, 6) is -0.947. The van der Waals surface area contributed by atoms with Crippen LogP contribution in [0.5, 0.6) is 0 Å². The predicted octanol–water partition coefficient (Wildman–Crippen LogP) is 4.75. The van der Waals surface area contributed by atoms with Gasteiger partial charge in [0.15, 0.2) is 0 Å². The van der Waals surface area contributed by atoms with Crippen molar-refractivity contribution in [3.05, 3.63) is 68.6 Å². The molecule has 4 unspecified atom stereocenters. The quantitative estimate of drug-likeness (QED) is 0.509. The lowest BCUT2D eigenvalue weighted by molar-refractivity contribution is -0.0240. The van der Waals surface area contributed by atoms with Gasteiger partial charge in [0, 0.05) is 8.95 Å². The zero-order valence-corrected chi connectivity index (χ0v) is 20.4. The van der Waals surface area contributed by atoms with E-state index in [2.05, 4.69) is 31.9 Å². The molecule has 6 nitrogen and oxygen atoms in total. The lowest BCUT2D eigenvalue weighted by Gasteiger charge is -2.21. The van der Waals surface area contributed by atoms with E-state index in [-0.39, 0.29) is 0 Å². The minimum absolute atomic E-state index is 0.425. The second-order valence-electron chi connectivity index (χ2n) is 6.66. The Bertz CT molecular complexity index is 768. The molecule has 0 amide bonds. The number of esters is 2. The van der Waals surface area contributed by atoms with Gasteiger partial charge in [0.1, 0.15) is 12.2 Å². The van der Waals surface area contributed by atoms with Crippen LogP contribution in [0.4, 0.5) is 0 Å². The SMILES string of the molecule is CC(O)C(C)O.CC(OC(=O)c1ccccc1Br)C(C)OC(=O)c1ccccc1Br. The van der Waals surface area contributed by atoms with Gasteiger partial charge in [-0.05, 0) is 83.8 Å². The summed E-state index contributed by atoms with van der Waals surface area (Å²) in [5.41, 5.74) is 0.849. The van der Waals surface area contributed by atoms with E-state index in [1.807, 2.05) is 12.1 Å². The molecule has 2 N–H and O–H groups in total. The average molecular weight is 546 g/mol. The number of carbonyl (C=O) groups excluding carboxylic acids is 2. The molecule has 0 spiro atoms. The number of halogens is 2. The zero-order chi connectivity index (χ0) is 22.8. The van der Waals surface area contributed by atoms with E-state index in [1.54, 1.807) is 64.1 Å². The summed E-state index contributed by atoms with van der Waals surface area (Å²) < 4.78 is 12.1. The summed E-state index contributed by atoms with van der Waals surface area (Å²) in [7, 11) is 0. The topological polar surface area (TPSA) is 93.1 Å². The third-order valence-corrected chi connectivity index (χ3v) is 5.52. The van der Waals surface area contributed by atoms with E-state index >= 15 is 0 Å². The summed E-state index contributed by atoms with van der Waals surface area (Å²) in [5, 5.41) is 16.8. The Kier molecular flexibility index (Phi) is 11.3. The third kappa shape index (κ3) is 8.55. The number of rotatable bonds is 6. The first-order valence-electron chi connectivity index (χ1n) is 9.31. The van der Waals surface area contributed by atoms with Gasteiger partial charge in [0.25, 0.3) is 0 Å². The maximum Gasteiger partial charge on any atom is 0.339 e. The van der Waals surface area contributed by atoms with Crippen molar-refractivity contribution in [2.24, 2.45) is 0 Å². The van der Waals surface area contributed by atoms with Gasteiger partial charge in [-0.1, -0.05) is 24.3 Å². The highest BCUT2D eigenvalue weighted by Crippen LogP contribution is 2.20. The molecule has 0 aromatic heterocycles. The van der Waals surface area contributed by atoms with Gasteiger partial charge in [-0.3, -0.25) is 0 Å². The van der Waals surface area contributed by atoms with Crippen LogP contribution in [0.25, 0.3) is 0 Å². The molecule has 0 fully saturated rings. The standard InChI is InChI=1S/C18H16Br2O4.C4H10O2/c1-11(23-17(21)13-7-3-5-9-15(13)19)12(2)24-18(22)14-8-4-6-10-16(14)20;1-3(5)4(2)6/h3-12H,1-2H3;3-6H,1-2H3. The smallest absolute Gasteiger partial charge is 0.339 e. The highest BCUT2D eigenvalue weighted by atomic mass is 79.9. The Balaban J connectivity index is 0.000000656. The van der Waals surface area contributed by atoms with E-state index in [4.69, 9.17) is 19.7 Å². The van der Waals surface area contributed by atoms with Crippen LogP contribution >= 0.6 is 31.9 Å². The number of aliphatic hydroxyl groups excluding tert-OH is 2. The fourth-order valence-electron chi connectivity index (χ4n) is 1.91. The Hall–Kier alpha value is -1.74.